The maximum absolute atomic E-state index is 12.3. The molecule has 1 aliphatic heterocycles. The van der Waals surface area contributed by atoms with Crippen molar-refractivity contribution >= 4 is 45.3 Å². The number of halogens is 2. The van der Waals surface area contributed by atoms with Crippen LogP contribution in [0.4, 0.5) is 0 Å². The van der Waals surface area contributed by atoms with Crippen LogP contribution in [0.15, 0.2) is 46.9 Å². The third-order valence-electron chi connectivity index (χ3n) is 3.53. The van der Waals surface area contributed by atoms with Gasteiger partial charge in [0.1, 0.15) is 5.75 Å². The lowest BCUT2D eigenvalue weighted by atomic mass is 10.1. The number of rotatable bonds is 4. The van der Waals surface area contributed by atoms with Crippen molar-refractivity contribution in [3.63, 3.8) is 0 Å². The molecule has 3 rings (SSSR count). The fourth-order valence-electron chi connectivity index (χ4n) is 2.37. The molecule has 0 aliphatic carbocycles. The molecule has 1 aliphatic rings. The summed E-state index contributed by atoms with van der Waals surface area (Å²) in [6.45, 7) is -0.0484. The molecule has 122 valence electrons. The lowest BCUT2D eigenvalue weighted by Crippen LogP contribution is -2.32. The number of esters is 1. The van der Waals surface area contributed by atoms with Crippen molar-refractivity contribution in [2.45, 2.75) is 6.42 Å². The summed E-state index contributed by atoms with van der Waals surface area (Å²) in [5, 5.41) is 0.316. The number of nitrogens with zero attached hydrogens (tertiary/aromatic N) is 1. The molecule has 2 aromatic carbocycles. The van der Waals surface area contributed by atoms with Crippen LogP contribution in [-0.2, 0) is 4.79 Å². The van der Waals surface area contributed by atoms with Gasteiger partial charge >= 0.3 is 5.97 Å². The quantitative estimate of drug-likeness (QED) is 0.440. The van der Waals surface area contributed by atoms with Crippen LogP contribution >= 0.6 is 27.5 Å². The minimum absolute atomic E-state index is 0.0484. The number of hydrogen-bond donors (Lipinski definition) is 0. The fourth-order valence-corrected chi connectivity index (χ4v) is 2.91. The molecule has 7 heteroatoms. The van der Waals surface area contributed by atoms with Gasteiger partial charge in [0.15, 0.2) is 0 Å². The third-order valence-corrected chi connectivity index (χ3v) is 4.34. The topological polar surface area (TPSA) is 63.7 Å². The minimum Gasteiger partial charge on any atom is -0.425 e. The molecule has 0 fully saturated rings. The predicted octanol–water partition coefficient (Wildman–Crippen LogP) is 3.69. The van der Waals surface area contributed by atoms with Gasteiger partial charge in [0.05, 0.1) is 22.6 Å². The minimum atomic E-state index is -0.569. The standard InChI is InChI=1S/C17H11BrClNO4/c18-10-5-6-11-12(9-10)17(23)20(16(11)22)8-7-15(21)24-14-4-2-1-3-13(14)19/h1-6,9H,7-8H2. The van der Waals surface area contributed by atoms with Crippen LogP contribution in [0.5, 0.6) is 5.75 Å². The first-order valence-electron chi connectivity index (χ1n) is 7.08. The lowest BCUT2D eigenvalue weighted by molar-refractivity contribution is -0.134. The molecule has 0 N–H and O–H groups in total. The van der Waals surface area contributed by atoms with Gasteiger partial charge in [-0.1, -0.05) is 39.7 Å². The molecule has 2 aromatic rings. The molecule has 0 unspecified atom stereocenters. The molecule has 1 heterocycles. The van der Waals surface area contributed by atoms with Crippen molar-refractivity contribution in [2.75, 3.05) is 6.54 Å². The first-order valence-corrected chi connectivity index (χ1v) is 8.25. The molecule has 0 saturated heterocycles. The van der Waals surface area contributed by atoms with Crippen molar-refractivity contribution < 1.29 is 19.1 Å². The largest absolute Gasteiger partial charge is 0.425 e. The summed E-state index contributed by atoms with van der Waals surface area (Å²) >= 11 is 9.19. The Hall–Kier alpha value is -2.18. The summed E-state index contributed by atoms with van der Waals surface area (Å²) in [4.78, 5) is 37.5. The van der Waals surface area contributed by atoms with Crippen LogP contribution in [0.3, 0.4) is 0 Å². The Morgan fingerprint density at radius 1 is 1.08 bits per heavy atom. The van der Waals surface area contributed by atoms with Gasteiger partial charge in [-0.15, -0.1) is 0 Å². The van der Waals surface area contributed by atoms with Crippen molar-refractivity contribution in [2.24, 2.45) is 0 Å². The Morgan fingerprint density at radius 3 is 2.54 bits per heavy atom. The zero-order chi connectivity index (χ0) is 17.3. The monoisotopic (exact) mass is 407 g/mol. The van der Waals surface area contributed by atoms with E-state index in [4.69, 9.17) is 16.3 Å². The van der Waals surface area contributed by atoms with Crippen LogP contribution in [0.2, 0.25) is 5.02 Å². The zero-order valence-corrected chi connectivity index (χ0v) is 14.6. The average Bonchev–Trinajstić information content (AvgIpc) is 2.78. The number of imide groups is 1. The second-order valence-corrected chi connectivity index (χ2v) is 6.43. The number of hydrogen-bond acceptors (Lipinski definition) is 4. The summed E-state index contributed by atoms with van der Waals surface area (Å²) < 4.78 is 5.85. The Bertz CT molecular complexity index is 852. The summed E-state index contributed by atoms with van der Waals surface area (Å²) in [6, 6.07) is 11.5. The Kier molecular flexibility index (Phi) is 4.69. The van der Waals surface area contributed by atoms with Crippen LogP contribution in [-0.4, -0.2) is 29.2 Å². The van der Waals surface area contributed by atoms with Gasteiger partial charge in [-0.25, -0.2) is 0 Å². The lowest BCUT2D eigenvalue weighted by Gasteiger charge is -2.13. The Labute approximate surface area is 151 Å². The highest BCUT2D eigenvalue weighted by molar-refractivity contribution is 9.10. The summed E-state index contributed by atoms with van der Waals surface area (Å²) in [6.07, 6.45) is -0.113. The van der Waals surface area contributed by atoms with Crippen molar-refractivity contribution in [3.8, 4) is 5.75 Å². The highest BCUT2D eigenvalue weighted by Gasteiger charge is 2.35. The molecular weight excluding hydrogens is 398 g/mol. The van der Waals surface area contributed by atoms with Crippen LogP contribution in [0.1, 0.15) is 27.1 Å². The molecule has 5 nitrogen and oxygen atoms in total. The van der Waals surface area contributed by atoms with Gasteiger partial charge in [0.25, 0.3) is 11.8 Å². The first kappa shape index (κ1) is 16.7. The molecule has 2 amide bonds. The van der Waals surface area contributed by atoms with Gasteiger partial charge in [-0.05, 0) is 30.3 Å². The number of amides is 2. The molecular formula is C17H11BrClNO4. The van der Waals surface area contributed by atoms with Gasteiger partial charge in [0, 0.05) is 11.0 Å². The van der Waals surface area contributed by atoms with Gasteiger partial charge < -0.3 is 4.74 Å². The predicted molar refractivity (Wildman–Crippen MR) is 91.2 cm³/mol. The number of fused-ring (bicyclic) bond motifs is 1. The normalized spacial score (nSPS) is 13.2. The highest BCUT2D eigenvalue weighted by Crippen LogP contribution is 2.27. The number of para-hydroxylation sites is 1. The number of ether oxygens (including phenoxy) is 1. The van der Waals surface area contributed by atoms with E-state index in [1.54, 1.807) is 42.5 Å². The van der Waals surface area contributed by atoms with E-state index in [-0.39, 0.29) is 18.7 Å². The number of carbonyl (C=O) groups excluding carboxylic acids is 3. The Balaban J connectivity index is 1.65. The second kappa shape index (κ2) is 6.75. The average molecular weight is 409 g/mol. The molecule has 24 heavy (non-hydrogen) atoms. The third kappa shape index (κ3) is 3.20. The second-order valence-electron chi connectivity index (χ2n) is 5.11. The van der Waals surface area contributed by atoms with E-state index in [9.17, 15) is 14.4 Å². The maximum atomic E-state index is 12.3. The van der Waals surface area contributed by atoms with Crippen LogP contribution < -0.4 is 4.74 Å². The molecule has 0 atom stereocenters. The highest BCUT2D eigenvalue weighted by atomic mass is 79.9. The van der Waals surface area contributed by atoms with E-state index < -0.39 is 17.8 Å². The maximum Gasteiger partial charge on any atom is 0.313 e. The SMILES string of the molecule is O=C(CCN1C(=O)c2ccc(Br)cc2C1=O)Oc1ccccc1Cl. The smallest absolute Gasteiger partial charge is 0.313 e. The van der Waals surface area contributed by atoms with Crippen molar-refractivity contribution in [3.05, 3.63) is 63.1 Å². The Morgan fingerprint density at radius 2 is 1.79 bits per heavy atom. The first-order chi connectivity index (χ1) is 11.5. The van der Waals surface area contributed by atoms with Crippen LogP contribution in [0.25, 0.3) is 0 Å². The van der Waals surface area contributed by atoms with Gasteiger partial charge in [-0.2, -0.15) is 0 Å². The molecule has 0 bridgehead atoms. The zero-order valence-electron chi connectivity index (χ0n) is 12.3. The summed E-state index contributed by atoms with van der Waals surface area (Å²) in [5.41, 5.74) is 0.663. The van der Waals surface area contributed by atoms with E-state index in [1.165, 1.54) is 0 Å². The van der Waals surface area contributed by atoms with E-state index >= 15 is 0 Å². The molecule has 0 radical (unpaired) electrons. The van der Waals surface area contributed by atoms with Gasteiger partial charge in [0.2, 0.25) is 0 Å². The molecule has 0 aromatic heterocycles. The van der Waals surface area contributed by atoms with Crippen molar-refractivity contribution in [1.82, 2.24) is 4.90 Å². The summed E-state index contributed by atoms with van der Waals surface area (Å²) in [7, 11) is 0. The molecule has 0 spiro atoms. The summed E-state index contributed by atoms with van der Waals surface area (Å²) in [5.74, 6) is -1.15. The van der Waals surface area contributed by atoms with E-state index in [2.05, 4.69) is 15.9 Å². The number of carbonyl (C=O) groups is 3. The van der Waals surface area contributed by atoms with Gasteiger partial charge in [-0.3, -0.25) is 19.3 Å². The van der Waals surface area contributed by atoms with E-state index in [1.807, 2.05) is 0 Å². The van der Waals surface area contributed by atoms with Crippen molar-refractivity contribution in [1.29, 1.82) is 0 Å². The molecule has 0 saturated carbocycles. The fraction of sp³-hybridized carbons (Fsp3) is 0.118. The number of benzene rings is 2. The van der Waals surface area contributed by atoms with E-state index in [0.717, 1.165) is 4.90 Å². The van der Waals surface area contributed by atoms with Crippen LogP contribution in [0, 0.1) is 0 Å². The van der Waals surface area contributed by atoms with E-state index in [0.29, 0.717) is 20.6 Å².